The number of nitrogens with one attached hydrogen (secondary N) is 4. The van der Waals surface area contributed by atoms with E-state index in [2.05, 4.69) is 47.5 Å². The molecule has 78 heavy (non-hydrogen) atoms. The fourth-order valence-corrected chi connectivity index (χ4v) is 17.2. The van der Waals surface area contributed by atoms with Gasteiger partial charge in [0.25, 0.3) is 17.7 Å². The predicted octanol–water partition coefficient (Wildman–Crippen LogP) is 7.61. The monoisotopic (exact) mass is 1100 g/mol. The SMILES string of the molecule is CNC(=O)c1cc(C(=O)c2ccc(C(=O)Nc3cc(C)cc(C(=O)O)c3)c(C(=O)O)c2)ccc1C(=O)O.CNCCC[Si](C)(C)O[Si](C)(C)CCCNC(=O)c1ccc(C(=O)c2ccc(C(=O)O)c(C(C)=O)c2)cc1C(=O)O. The standard InChI is InChI=1S/C29H40N2O8Si2.C26H20N2O9/c1-19(32)24-17-20(10-12-23(24)28(35)36)26(33)21-9-11-22(25(18-21)29(37)38)27(34)31-14-8-16-41(5,6)39-40(3,4)15-7-13-30-2;1-12-7-15(24(32)33)9-16(8-12)28-23(31)17-5-3-14(11-20(17)26(36)37)21(29)13-4-6-18(25(34)35)19(10-13)22(30)27-2/h9-12,17-18,30H,7-8,13-16H2,1-6H3,(H,31,34)(H,35,36)(H,37,38);3-11H,1-2H3,(H,27,30)(H,28,31)(H,32,33)(H,34,35)(H,36,37). The van der Waals surface area contributed by atoms with Crippen LogP contribution in [0.15, 0.2) is 91.0 Å². The molecule has 0 aliphatic carbocycles. The Morgan fingerprint density at radius 2 is 0.859 bits per heavy atom. The van der Waals surface area contributed by atoms with Crippen LogP contribution in [0.4, 0.5) is 5.69 Å². The third-order valence-corrected chi connectivity index (χ3v) is 19.5. The fraction of sp³-hybridized carbons (Fsp3) is 0.255. The third-order valence-electron chi connectivity index (χ3n) is 12.0. The molecule has 3 amide bonds. The highest BCUT2D eigenvalue weighted by Gasteiger charge is 2.32. The zero-order valence-corrected chi connectivity index (χ0v) is 46.0. The van der Waals surface area contributed by atoms with Gasteiger partial charge in [0, 0.05) is 47.1 Å². The van der Waals surface area contributed by atoms with Gasteiger partial charge >= 0.3 is 29.8 Å². The lowest BCUT2D eigenvalue weighted by Gasteiger charge is -2.34. The van der Waals surface area contributed by atoms with Gasteiger partial charge in [-0.3, -0.25) is 28.8 Å². The fourth-order valence-electron chi connectivity index (χ4n) is 8.34. The number of amides is 3. The number of Topliss-reactive ketones (excluding diaryl/α,β-unsaturated/α-hetero) is 1. The van der Waals surface area contributed by atoms with Crippen molar-refractivity contribution in [3.63, 3.8) is 0 Å². The number of aryl methyl sites for hydroxylation is 1. The smallest absolute Gasteiger partial charge is 0.336 e. The van der Waals surface area contributed by atoms with Crippen molar-refractivity contribution in [1.82, 2.24) is 16.0 Å². The molecule has 410 valence electrons. The summed E-state index contributed by atoms with van der Waals surface area (Å²) in [7, 11) is -0.503. The highest BCUT2D eigenvalue weighted by atomic mass is 28.4. The molecule has 0 aliphatic heterocycles. The summed E-state index contributed by atoms with van der Waals surface area (Å²) in [6.07, 6.45) is 1.76. The number of benzene rings is 5. The number of hydrogen-bond acceptors (Lipinski definition) is 13. The van der Waals surface area contributed by atoms with Gasteiger partial charge in [0.05, 0.1) is 44.5 Å². The Bertz CT molecular complexity index is 3240. The molecule has 23 heteroatoms. The second-order valence-corrected chi connectivity index (χ2v) is 27.9. The zero-order chi connectivity index (χ0) is 58.4. The average molecular weight is 1110 g/mol. The Morgan fingerprint density at radius 1 is 0.449 bits per heavy atom. The largest absolute Gasteiger partial charge is 0.478 e. The summed E-state index contributed by atoms with van der Waals surface area (Å²) in [5.41, 5.74) is -1.70. The van der Waals surface area contributed by atoms with E-state index in [1.807, 2.05) is 7.05 Å². The molecule has 5 aromatic rings. The first-order valence-corrected chi connectivity index (χ1v) is 30.4. The van der Waals surface area contributed by atoms with Crippen molar-refractivity contribution < 1.29 is 82.4 Å². The van der Waals surface area contributed by atoms with Crippen LogP contribution >= 0.6 is 0 Å². The first kappa shape index (κ1) is 61.8. The minimum atomic E-state index is -1.95. The third kappa shape index (κ3) is 16.6. The van der Waals surface area contributed by atoms with Gasteiger partial charge in [-0.2, -0.15) is 0 Å². The normalized spacial score (nSPS) is 11.0. The molecule has 5 aromatic carbocycles. The maximum Gasteiger partial charge on any atom is 0.336 e. The van der Waals surface area contributed by atoms with Gasteiger partial charge in [0.2, 0.25) is 0 Å². The molecule has 0 spiro atoms. The van der Waals surface area contributed by atoms with Crippen LogP contribution < -0.4 is 21.3 Å². The number of carbonyl (C=O) groups excluding carboxylic acids is 6. The number of ketones is 3. The summed E-state index contributed by atoms with van der Waals surface area (Å²) in [4.78, 5) is 134. The van der Waals surface area contributed by atoms with Crippen LogP contribution in [0.2, 0.25) is 38.3 Å². The molecule has 0 saturated heterocycles. The van der Waals surface area contributed by atoms with E-state index < -0.39 is 87.1 Å². The van der Waals surface area contributed by atoms with Crippen LogP contribution in [0.5, 0.6) is 0 Å². The van der Waals surface area contributed by atoms with Crippen LogP contribution in [-0.4, -0.2) is 134 Å². The molecule has 0 atom stereocenters. The molecule has 21 nitrogen and oxygen atoms in total. The topological polar surface area (TPSA) is 346 Å². The quantitative estimate of drug-likeness (QED) is 0.0163. The van der Waals surface area contributed by atoms with Crippen LogP contribution in [0.1, 0.15) is 150 Å². The van der Waals surface area contributed by atoms with E-state index in [-0.39, 0.29) is 72.4 Å². The minimum absolute atomic E-state index is 0.0112. The van der Waals surface area contributed by atoms with Crippen molar-refractivity contribution in [2.45, 2.75) is 65.0 Å². The molecule has 0 heterocycles. The summed E-state index contributed by atoms with van der Waals surface area (Å²) in [5, 5.41) is 57.9. The second-order valence-electron chi connectivity index (χ2n) is 19.1. The maximum atomic E-state index is 13.1. The number of aromatic carboxylic acids is 5. The molecule has 0 bridgehead atoms. The lowest BCUT2D eigenvalue weighted by atomic mass is 9.94. The van der Waals surface area contributed by atoms with Crippen LogP contribution in [0, 0.1) is 6.92 Å². The number of anilines is 1. The van der Waals surface area contributed by atoms with Gasteiger partial charge in [-0.1, -0.05) is 24.3 Å². The van der Waals surface area contributed by atoms with Crippen molar-refractivity contribution in [2.24, 2.45) is 0 Å². The Labute approximate surface area is 450 Å². The van der Waals surface area contributed by atoms with E-state index in [0.717, 1.165) is 61.5 Å². The van der Waals surface area contributed by atoms with E-state index in [0.29, 0.717) is 18.5 Å². The molecular formula is C55H60N4O17Si2. The Balaban J connectivity index is 0.000000338. The van der Waals surface area contributed by atoms with Crippen molar-refractivity contribution in [3.05, 3.63) is 169 Å². The first-order chi connectivity index (χ1) is 36.5. The number of rotatable bonds is 24. The van der Waals surface area contributed by atoms with E-state index in [4.69, 9.17) is 4.12 Å². The lowest BCUT2D eigenvalue weighted by molar-refractivity contribution is 0.0682. The van der Waals surface area contributed by atoms with Crippen molar-refractivity contribution >= 4 is 87.2 Å². The van der Waals surface area contributed by atoms with Gasteiger partial charge in [-0.05, 0) is 151 Å². The van der Waals surface area contributed by atoms with E-state index >= 15 is 0 Å². The summed E-state index contributed by atoms with van der Waals surface area (Å²) in [5.74, 6) is -10.7. The summed E-state index contributed by atoms with van der Waals surface area (Å²) < 4.78 is 6.60. The Hall–Kier alpha value is -8.78. The van der Waals surface area contributed by atoms with Crippen molar-refractivity contribution in [3.8, 4) is 0 Å². The highest BCUT2D eigenvalue weighted by molar-refractivity contribution is 6.84. The van der Waals surface area contributed by atoms with Gasteiger partial charge in [-0.15, -0.1) is 0 Å². The second kappa shape index (κ2) is 26.8. The first-order valence-electron chi connectivity index (χ1n) is 24.1. The van der Waals surface area contributed by atoms with Crippen molar-refractivity contribution in [2.75, 3.05) is 32.5 Å². The molecule has 0 radical (unpaired) electrons. The number of carboxylic acids is 5. The van der Waals surface area contributed by atoms with E-state index in [9.17, 15) is 78.3 Å². The Morgan fingerprint density at radius 3 is 1.28 bits per heavy atom. The van der Waals surface area contributed by atoms with Gasteiger partial charge in [-0.25, -0.2) is 24.0 Å². The zero-order valence-electron chi connectivity index (χ0n) is 44.0. The van der Waals surface area contributed by atoms with Gasteiger partial charge in [0.1, 0.15) is 0 Å². The predicted molar refractivity (Wildman–Crippen MR) is 291 cm³/mol. The molecule has 0 aliphatic rings. The maximum absolute atomic E-state index is 13.1. The minimum Gasteiger partial charge on any atom is -0.478 e. The van der Waals surface area contributed by atoms with E-state index in [1.54, 1.807) is 6.92 Å². The number of carbonyl (C=O) groups is 11. The lowest BCUT2D eigenvalue weighted by Crippen LogP contribution is -2.44. The number of carboxylic acid groups (broad SMARTS) is 5. The van der Waals surface area contributed by atoms with Crippen LogP contribution in [0.25, 0.3) is 0 Å². The molecule has 0 unspecified atom stereocenters. The molecule has 0 aromatic heterocycles. The summed E-state index contributed by atoms with van der Waals surface area (Å²) >= 11 is 0. The average Bonchev–Trinajstić information content (AvgIpc) is 3.38. The molecule has 5 rings (SSSR count). The van der Waals surface area contributed by atoms with Crippen LogP contribution in [-0.2, 0) is 4.12 Å². The summed E-state index contributed by atoms with van der Waals surface area (Å²) in [6, 6.07) is 20.1. The molecular weight excluding hydrogens is 1040 g/mol. The molecule has 9 N–H and O–H groups in total. The van der Waals surface area contributed by atoms with Gasteiger partial charge < -0.3 is 50.9 Å². The Kier molecular flexibility index (Phi) is 21.2. The number of hydrogen-bond donors (Lipinski definition) is 9. The van der Waals surface area contributed by atoms with Crippen LogP contribution in [0.3, 0.4) is 0 Å². The van der Waals surface area contributed by atoms with Gasteiger partial charge in [0.15, 0.2) is 34.0 Å². The van der Waals surface area contributed by atoms with Crippen molar-refractivity contribution in [1.29, 1.82) is 0 Å². The van der Waals surface area contributed by atoms with E-state index in [1.165, 1.54) is 68.6 Å². The summed E-state index contributed by atoms with van der Waals surface area (Å²) in [6.45, 7) is 12.9. The highest BCUT2D eigenvalue weighted by Crippen LogP contribution is 2.26. The molecule has 0 fully saturated rings. The molecule has 0 saturated carbocycles.